The van der Waals surface area contributed by atoms with Crippen LogP contribution in [0.15, 0.2) is 107 Å². The quantitative estimate of drug-likeness (QED) is 0.116. The lowest BCUT2D eigenvalue weighted by atomic mass is 9.97. The number of carbonyl (C=O) groups is 1. The number of tetrazole rings is 1. The molecule has 0 spiro atoms. The number of halogens is 1. The Morgan fingerprint density at radius 1 is 0.754 bits per heavy atom. The molecule has 5 aromatic carbocycles. The minimum Gasteiger partial charge on any atom is -0.497 e. The molecule has 7 rings (SSSR count). The molecule has 17 nitrogen and oxygen atoms in total. The van der Waals surface area contributed by atoms with Crippen molar-refractivity contribution in [3.05, 3.63) is 120 Å². The number of carboxylic acid groups (broad SMARTS) is 1. The summed E-state index contributed by atoms with van der Waals surface area (Å²) in [6, 6.07) is 25.1. The zero-order valence-corrected chi connectivity index (χ0v) is 34.7. The van der Waals surface area contributed by atoms with Crippen molar-refractivity contribution in [1.29, 1.82) is 0 Å². The van der Waals surface area contributed by atoms with Gasteiger partial charge in [-0.05, 0) is 82.1 Å². The van der Waals surface area contributed by atoms with Gasteiger partial charge in [-0.25, -0.2) is 26.0 Å². The second-order valence-corrected chi connectivity index (χ2v) is 18.1. The molecule has 5 N–H and O–H groups in total. The Bertz CT molecular complexity index is 2750. The summed E-state index contributed by atoms with van der Waals surface area (Å²) in [5, 5.41) is 21.3. The minimum atomic E-state index is -5.00. The summed E-state index contributed by atoms with van der Waals surface area (Å²) < 4.78 is 92.8. The number of hydrogen-bond acceptors (Lipinski definition) is 13. The number of ether oxygens (including phenoxy) is 3. The van der Waals surface area contributed by atoms with Gasteiger partial charge >= 0.3 is 6.09 Å². The van der Waals surface area contributed by atoms with Crippen molar-refractivity contribution in [1.82, 2.24) is 29.4 Å². The number of likely N-dealkylation sites (tertiary alicyclic amines) is 1. The van der Waals surface area contributed by atoms with Gasteiger partial charge in [-0.2, -0.15) is 9.10 Å². The van der Waals surface area contributed by atoms with E-state index < -0.39 is 65.6 Å². The van der Waals surface area contributed by atoms with Crippen LogP contribution in [0.1, 0.15) is 16.7 Å². The smallest absolute Gasteiger partial charge is 0.407 e. The highest BCUT2D eigenvalue weighted by atomic mass is 32.2. The van der Waals surface area contributed by atoms with E-state index in [4.69, 9.17) is 25.7 Å². The molecule has 0 bridgehead atoms. The highest BCUT2D eigenvalue weighted by Gasteiger charge is 2.45. The van der Waals surface area contributed by atoms with E-state index in [9.17, 15) is 22.7 Å². The van der Waals surface area contributed by atoms with E-state index in [0.29, 0.717) is 28.4 Å². The number of hydrogen-bond donors (Lipinski definition) is 3. The van der Waals surface area contributed by atoms with Gasteiger partial charge in [-0.1, -0.05) is 42.5 Å². The van der Waals surface area contributed by atoms with Gasteiger partial charge in [-0.15, -0.1) is 10.2 Å². The topological polar surface area (TPSA) is 235 Å². The summed E-state index contributed by atoms with van der Waals surface area (Å²) >= 11 is 0. The predicted octanol–water partition coefficient (Wildman–Crippen LogP) is 4.91. The van der Waals surface area contributed by atoms with Crippen LogP contribution in [0.25, 0.3) is 22.5 Å². The summed E-state index contributed by atoms with van der Waals surface area (Å²) in [4.78, 5) is 12.5. The van der Waals surface area contributed by atoms with Crippen LogP contribution in [0.4, 0.5) is 20.6 Å². The lowest BCUT2D eigenvalue weighted by Crippen LogP contribution is -2.56. The summed E-state index contributed by atoms with van der Waals surface area (Å²) in [6.45, 7) is -1.28. The highest BCUT2D eigenvalue weighted by molar-refractivity contribution is 7.94. The van der Waals surface area contributed by atoms with Crippen LogP contribution in [-0.4, -0.2) is 97.1 Å². The van der Waals surface area contributed by atoms with Gasteiger partial charge < -0.3 is 35.7 Å². The average molecular weight is 873 g/mol. The first-order chi connectivity index (χ1) is 29.1. The number of nitrogen functional groups attached to an aromatic ring is 2. The van der Waals surface area contributed by atoms with Crippen LogP contribution >= 0.6 is 0 Å². The van der Waals surface area contributed by atoms with Crippen LogP contribution in [-0.2, 0) is 39.5 Å². The molecule has 318 valence electrons. The van der Waals surface area contributed by atoms with Crippen molar-refractivity contribution < 1.29 is 45.3 Å². The molecule has 1 aromatic heterocycles. The summed E-state index contributed by atoms with van der Waals surface area (Å²) in [6.07, 6.45) is -1.33. The summed E-state index contributed by atoms with van der Waals surface area (Å²) in [5.41, 5.74) is 13.3. The number of aromatic nitrogens is 4. The Labute approximate surface area is 350 Å². The van der Waals surface area contributed by atoms with E-state index in [-0.39, 0.29) is 47.8 Å². The van der Waals surface area contributed by atoms with E-state index in [2.05, 4.69) is 15.4 Å². The Kier molecular flexibility index (Phi) is 11.9. The number of sulfonamides is 1. The normalized spacial score (nSPS) is 13.2. The molecule has 1 saturated heterocycles. The fourth-order valence-corrected chi connectivity index (χ4v) is 10.9. The maximum absolute atomic E-state index is 15.8. The molecule has 20 heteroatoms. The van der Waals surface area contributed by atoms with E-state index in [0.717, 1.165) is 26.9 Å². The monoisotopic (exact) mass is 872 g/mol. The van der Waals surface area contributed by atoms with Crippen LogP contribution in [0.3, 0.4) is 0 Å². The van der Waals surface area contributed by atoms with Crippen molar-refractivity contribution in [2.75, 3.05) is 45.9 Å². The molecule has 6 aromatic rings. The van der Waals surface area contributed by atoms with Crippen molar-refractivity contribution in [2.45, 2.75) is 34.7 Å². The maximum Gasteiger partial charge on any atom is 0.407 e. The Hall–Kier alpha value is -6.77. The van der Waals surface area contributed by atoms with Crippen molar-refractivity contribution in [2.24, 2.45) is 0 Å². The van der Waals surface area contributed by atoms with E-state index in [1.54, 1.807) is 72.8 Å². The van der Waals surface area contributed by atoms with Crippen LogP contribution < -0.4 is 25.7 Å². The Morgan fingerprint density at radius 2 is 1.26 bits per heavy atom. The number of amides is 1. The predicted molar refractivity (Wildman–Crippen MR) is 223 cm³/mol. The number of anilines is 2. The maximum atomic E-state index is 15.8. The van der Waals surface area contributed by atoms with Crippen molar-refractivity contribution >= 4 is 37.3 Å². The molecule has 1 aliphatic heterocycles. The van der Waals surface area contributed by atoms with E-state index in [1.165, 1.54) is 38.3 Å². The molecule has 1 amide bonds. The van der Waals surface area contributed by atoms with Gasteiger partial charge in [0.05, 0.1) is 49.7 Å². The SMILES string of the molecule is COc1ccc(CN(Cc2ccc(OC)cc2)S(=O)(=O)c2c(S(=O)(=O)C3CN(C(=O)O)C3)ccc(-c3ccc(F)c(N)c3N)c2-c2nnn(Cc3ccc(OC)cc3)n2)cc1. The average Bonchev–Trinajstić information content (AvgIpc) is 3.70. The third-order valence-electron chi connectivity index (χ3n) is 10.3. The zero-order valence-electron chi connectivity index (χ0n) is 33.1. The van der Waals surface area contributed by atoms with Gasteiger partial charge in [0.1, 0.15) is 33.2 Å². The number of rotatable bonds is 15. The molecule has 61 heavy (non-hydrogen) atoms. The van der Waals surface area contributed by atoms with E-state index in [1.807, 2.05) is 0 Å². The number of nitrogens with zero attached hydrogens (tertiary/aromatic N) is 6. The second-order valence-electron chi connectivity index (χ2n) is 14.1. The Balaban J connectivity index is 1.50. The Morgan fingerprint density at radius 3 is 1.77 bits per heavy atom. The summed E-state index contributed by atoms with van der Waals surface area (Å²) in [5.74, 6) is 0.504. The van der Waals surface area contributed by atoms with Crippen LogP contribution in [0.2, 0.25) is 0 Å². The first kappa shape index (κ1) is 42.4. The largest absolute Gasteiger partial charge is 0.497 e. The third kappa shape index (κ3) is 8.50. The number of sulfone groups is 1. The molecule has 0 radical (unpaired) electrons. The minimum absolute atomic E-state index is 0.000314. The molecular formula is C41H41FN8O9S2. The molecule has 0 saturated carbocycles. The molecule has 2 heterocycles. The molecular weight excluding hydrogens is 832 g/mol. The van der Waals surface area contributed by atoms with E-state index >= 15 is 8.42 Å². The summed E-state index contributed by atoms with van der Waals surface area (Å²) in [7, 11) is -5.13. The fourth-order valence-electron chi connectivity index (χ4n) is 6.83. The fraction of sp³-hybridized carbons (Fsp3) is 0.220. The van der Waals surface area contributed by atoms with Crippen molar-refractivity contribution in [3.8, 4) is 39.8 Å². The number of nitrogens with two attached hydrogens (primary N) is 2. The first-order valence-electron chi connectivity index (χ1n) is 18.5. The zero-order chi connectivity index (χ0) is 43.6. The molecule has 1 fully saturated rings. The standard InChI is InChI=1S/C41H41FN8O9S2/c1-57-28-10-4-25(5-11-28)20-49(21-26-6-12-29(58-2)13-7-26)61(55,56)39-35(60(53,54)31-23-48(24-31)41(51)52)19-17-32(33-16-18-34(42)38(44)37(33)43)36(39)40-45-47-50(46-40)22-27-8-14-30(59-3)15-9-27/h4-19,31H,20-24,43-44H2,1-3H3,(H,51,52). The first-order valence-corrected chi connectivity index (χ1v) is 21.5. The van der Waals surface area contributed by atoms with Gasteiger partial charge in [0.15, 0.2) is 9.84 Å². The lowest BCUT2D eigenvalue weighted by molar-refractivity contribution is 0.120. The molecule has 1 aliphatic rings. The second kappa shape index (κ2) is 17.1. The van der Waals surface area contributed by atoms with Gasteiger partial charge in [0.25, 0.3) is 0 Å². The van der Waals surface area contributed by atoms with Gasteiger partial charge in [-0.3, -0.25) is 0 Å². The van der Waals surface area contributed by atoms with Crippen molar-refractivity contribution in [3.63, 3.8) is 0 Å². The molecule has 0 aliphatic carbocycles. The number of methoxy groups -OCH3 is 3. The van der Waals surface area contributed by atoms with Gasteiger partial charge in [0.2, 0.25) is 15.8 Å². The highest BCUT2D eigenvalue weighted by Crippen LogP contribution is 2.45. The number of benzene rings is 5. The van der Waals surface area contributed by atoms with Crippen LogP contribution in [0, 0.1) is 5.82 Å². The van der Waals surface area contributed by atoms with Gasteiger partial charge in [0, 0.05) is 31.7 Å². The van der Waals surface area contributed by atoms with Crippen LogP contribution in [0.5, 0.6) is 17.2 Å². The molecule has 0 atom stereocenters. The molecule has 0 unspecified atom stereocenters. The lowest BCUT2D eigenvalue weighted by Gasteiger charge is -2.37. The third-order valence-corrected chi connectivity index (χ3v) is 14.4.